The lowest BCUT2D eigenvalue weighted by Gasteiger charge is -2.08. The van der Waals surface area contributed by atoms with Crippen LogP contribution >= 0.6 is 0 Å². The smallest absolute Gasteiger partial charge is 0.248 e. The van der Waals surface area contributed by atoms with Crippen LogP contribution in [0.1, 0.15) is 11.1 Å². The average molecular weight is 313 g/mol. The summed E-state index contributed by atoms with van der Waals surface area (Å²) in [4.78, 5) is 11.9. The first kappa shape index (κ1) is 16.4. The molecule has 0 aromatic heterocycles. The predicted octanol–water partition coefficient (Wildman–Crippen LogP) is 2.09. The number of methoxy groups -OCH3 is 1. The molecule has 0 radical (unpaired) electrons. The molecule has 0 heterocycles. The summed E-state index contributed by atoms with van der Waals surface area (Å²) >= 11 is 0. The van der Waals surface area contributed by atoms with Crippen LogP contribution in [0, 0.1) is 0 Å². The van der Waals surface area contributed by atoms with E-state index in [2.05, 4.69) is 5.32 Å². The molecule has 0 aliphatic carbocycles. The molecule has 0 saturated heterocycles. The fraction of sp³-hybridized carbons (Fsp3) is 0.118. The summed E-state index contributed by atoms with van der Waals surface area (Å²) in [5, 5.41) is 12.4. The minimum Gasteiger partial charge on any atom is -0.504 e. The van der Waals surface area contributed by atoms with Crippen molar-refractivity contribution in [2.45, 2.75) is 6.54 Å². The maximum atomic E-state index is 11.9. The summed E-state index contributed by atoms with van der Waals surface area (Å²) in [6, 6.07) is 10.1. The van der Waals surface area contributed by atoms with Crippen LogP contribution in [0.5, 0.6) is 11.5 Å². The van der Waals surface area contributed by atoms with Crippen molar-refractivity contribution in [3.05, 3.63) is 53.6 Å². The molecular formula is C17H19N3O3. The molecule has 23 heavy (non-hydrogen) atoms. The van der Waals surface area contributed by atoms with Crippen molar-refractivity contribution >= 4 is 23.4 Å². The normalized spacial score (nSPS) is 10.7. The van der Waals surface area contributed by atoms with E-state index in [4.69, 9.17) is 16.2 Å². The van der Waals surface area contributed by atoms with Crippen molar-refractivity contribution in [1.29, 1.82) is 0 Å². The molecule has 0 unspecified atom stereocenters. The Morgan fingerprint density at radius 1 is 1.30 bits per heavy atom. The minimum atomic E-state index is -0.326. The second kappa shape index (κ2) is 7.33. The number of nitrogens with one attached hydrogen (secondary N) is 1. The number of nitrogen functional groups attached to an aromatic ring is 1. The zero-order valence-electron chi connectivity index (χ0n) is 12.7. The molecule has 6 nitrogen and oxygen atoms in total. The van der Waals surface area contributed by atoms with Crippen molar-refractivity contribution < 1.29 is 14.6 Å². The Kier molecular flexibility index (Phi) is 5.22. The standard InChI is InChI=1S/C17H19N3O3/c1-23-16-6-3-11(9-15(16)21)4-7-17(22)20-14-5-2-12(10-18)8-13(14)19/h2-9,21H,10,18-19H2,1H3,(H,20,22)/b7-4+. The van der Waals surface area contributed by atoms with Gasteiger partial charge < -0.3 is 26.6 Å². The van der Waals surface area contributed by atoms with Gasteiger partial charge in [0.1, 0.15) is 0 Å². The van der Waals surface area contributed by atoms with Crippen LogP contribution in [0.2, 0.25) is 0 Å². The molecule has 6 heteroatoms. The maximum absolute atomic E-state index is 11.9. The zero-order valence-corrected chi connectivity index (χ0v) is 12.7. The van der Waals surface area contributed by atoms with E-state index in [1.165, 1.54) is 19.3 Å². The van der Waals surface area contributed by atoms with E-state index in [1.807, 2.05) is 0 Å². The highest BCUT2D eigenvalue weighted by atomic mass is 16.5. The van der Waals surface area contributed by atoms with Crippen molar-refractivity contribution in [2.75, 3.05) is 18.2 Å². The number of carbonyl (C=O) groups is 1. The van der Waals surface area contributed by atoms with Gasteiger partial charge in [0.05, 0.1) is 18.5 Å². The number of anilines is 2. The number of carbonyl (C=O) groups excluding carboxylic acids is 1. The number of amides is 1. The first-order valence-electron chi connectivity index (χ1n) is 6.98. The predicted molar refractivity (Wildman–Crippen MR) is 91.1 cm³/mol. The largest absolute Gasteiger partial charge is 0.504 e. The minimum absolute atomic E-state index is 0.0108. The summed E-state index contributed by atoms with van der Waals surface area (Å²) in [5.41, 5.74) is 13.9. The highest BCUT2D eigenvalue weighted by molar-refractivity contribution is 6.03. The van der Waals surface area contributed by atoms with E-state index in [1.54, 1.807) is 36.4 Å². The molecule has 2 aromatic carbocycles. The Labute approximate surface area is 134 Å². The highest BCUT2D eigenvalue weighted by Crippen LogP contribution is 2.26. The van der Waals surface area contributed by atoms with Gasteiger partial charge in [-0.15, -0.1) is 0 Å². The number of rotatable bonds is 5. The number of phenolic OH excluding ortho intramolecular Hbond substituents is 1. The molecule has 2 aromatic rings. The maximum Gasteiger partial charge on any atom is 0.248 e. The van der Waals surface area contributed by atoms with E-state index in [0.29, 0.717) is 29.2 Å². The molecule has 0 aliphatic rings. The van der Waals surface area contributed by atoms with E-state index in [-0.39, 0.29) is 11.7 Å². The lowest BCUT2D eigenvalue weighted by molar-refractivity contribution is -0.111. The number of phenols is 1. The van der Waals surface area contributed by atoms with Crippen LogP contribution in [0.3, 0.4) is 0 Å². The fourth-order valence-corrected chi connectivity index (χ4v) is 2.01. The van der Waals surface area contributed by atoms with E-state index in [0.717, 1.165) is 5.56 Å². The van der Waals surface area contributed by atoms with Crippen molar-refractivity contribution in [3.63, 3.8) is 0 Å². The quantitative estimate of drug-likeness (QED) is 0.499. The third-order valence-electron chi connectivity index (χ3n) is 3.24. The van der Waals surface area contributed by atoms with E-state index < -0.39 is 0 Å². The summed E-state index contributed by atoms with van der Waals surface area (Å²) < 4.78 is 4.96. The van der Waals surface area contributed by atoms with Gasteiger partial charge in [0, 0.05) is 12.6 Å². The molecule has 0 fully saturated rings. The second-order valence-corrected chi connectivity index (χ2v) is 4.88. The van der Waals surface area contributed by atoms with Gasteiger partial charge in [-0.1, -0.05) is 12.1 Å². The number of ether oxygens (including phenoxy) is 1. The topological polar surface area (TPSA) is 111 Å². The molecule has 2 rings (SSSR count). The molecule has 0 saturated carbocycles. The molecule has 0 aliphatic heterocycles. The molecule has 0 bridgehead atoms. The zero-order chi connectivity index (χ0) is 16.8. The lowest BCUT2D eigenvalue weighted by Crippen LogP contribution is -2.10. The summed E-state index contributed by atoms with van der Waals surface area (Å²) in [5.74, 6) is 0.0588. The summed E-state index contributed by atoms with van der Waals surface area (Å²) in [6.45, 7) is 0.388. The highest BCUT2D eigenvalue weighted by Gasteiger charge is 2.04. The fourth-order valence-electron chi connectivity index (χ4n) is 2.01. The van der Waals surface area contributed by atoms with Gasteiger partial charge in [0.2, 0.25) is 5.91 Å². The Balaban J connectivity index is 2.05. The number of nitrogens with two attached hydrogens (primary N) is 2. The first-order valence-corrected chi connectivity index (χ1v) is 6.98. The second-order valence-electron chi connectivity index (χ2n) is 4.88. The Bertz CT molecular complexity index is 742. The molecule has 0 atom stereocenters. The van der Waals surface area contributed by atoms with Crippen molar-refractivity contribution in [3.8, 4) is 11.5 Å². The third kappa shape index (κ3) is 4.24. The lowest BCUT2D eigenvalue weighted by atomic mass is 10.1. The Morgan fingerprint density at radius 3 is 2.70 bits per heavy atom. The number of hydrogen-bond acceptors (Lipinski definition) is 5. The van der Waals surface area contributed by atoms with Crippen LogP contribution in [-0.4, -0.2) is 18.1 Å². The van der Waals surface area contributed by atoms with E-state index in [9.17, 15) is 9.90 Å². The van der Waals surface area contributed by atoms with Gasteiger partial charge in [0.25, 0.3) is 0 Å². The van der Waals surface area contributed by atoms with Crippen molar-refractivity contribution in [1.82, 2.24) is 0 Å². The Morgan fingerprint density at radius 2 is 2.09 bits per heavy atom. The SMILES string of the molecule is COc1ccc(/C=C/C(=O)Nc2ccc(CN)cc2N)cc1O. The van der Waals surface area contributed by atoms with Crippen molar-refractivity contribution in [2.24, 2.45) is 5.73 Å². The monoisotopic (exact) mass is 313 g/mol. The molecular weight excluding hydrogens is 294 g/mol. The van der Waals surface area contributed by atoms with Crippen LogP contribution in [0.25, 0.3) is 6.08 Å². The van der Waals surface area contributed by atoms with Crippen LogP contribution in [-0.2, 0) is 11.3 Å². The van der Waals surface area contributed by atoms with Crippen LogP contribution in [0.15, 0.2) is 42.5 Å². The molecule has 6 N–H and O–H groups in total. The van der Waals surface area contributed by atoms with Gasteiger partial charge in [-0.05, 0) is 41.5 Å². The molecule has 1 amide bonds. The van der Waals surface area contributed by atoms with Gasteiger partial charge in [-0.3, -0.25) is 4.79 Å². The number of aromatic hydroxyl groups is 1. The summed E-state index contributed by atoms with van der Waals surface area (Å²) in [6.07, 6.45) is 2.94. The number of hydrogen-bond donors (Lipinski definition) is 4. The van der Waals surface area contributed by atoms with Gasteiger partial charge in [-0.2, -0.15) is 0 Å². The van der Waals surface area contributed by atoms with Crippen LogP contribution in [0.4, 0.5) is 11.4 Å². The summed E-state index contributed by atoms with van der Waals surface area (Å²) in [7, 11) is 1.47. The first-order chi connectivity index (χ1) is 11.0. The Hall–Kier alpha value is -2.99. The molecule has 0 spiro atoms. The third-order valence-corrected chi connectivity index (χ3v) is 3.24. The van der Waals surface area contributed by atoms with Gasteiger partial charge in [0.15, 0.2) is 11.5 Å². The van der Waals surface area contributed by atoms with E-state index >= 15 is 0 Å². The molecule has 120 valence electrons. The number of benzene rings is 2. The van der Waals surface area contributed by atoms with Gasteiger partial charge in [-0.25, -0.2) is 0 Å². The average Bonchev–Trinajstić information content (AvgIpc) is 2.55. The van der Waals surface area contributed by atoms with Crippen LogP contribution < -0.4 is 21.5 Å². The van der Waals surface area contributed by atoms with Gasteiger partial charge >= 0.3 is 0 Å².